The maximum absolute atomic E-state index is 13.9. The summed E-state index contributed by atoms with van der Waals surface area (Å²) in [7, 11) is 0. The van der Waals surface area contributed by atoms with Gasteiger partial charge in [-0.25, -0.2) is 8.78 Å². The van der Waals surface area contributed by atoms with Crippen molar-refractivity contribution in [3.8, 4) is 17.5 Å². The van der Waals surface area contributed by atoms with E-state index in [1.165, 1.54) is 0 Å². The highest BCUT2D eigenvalue weighted by Gasteiger charge is 2.19. The molecule has 0 aliphatic carbocycles. The Hall–Kier alpha value is -3.38. The first kappa shape index (κ1) is 20.4. The lowest BCUT2D eigenvalue weighted by Crippen LogP contribution is -2.29. The van der Waals surface area contributed by atoms with Crippen LogP contribution in [0.1, 0.15) is 23.6 Å². The molecule has 1 heterocycles. The van der Waals surface area contributed by atoms with Gasteiger partial charge in [-0.2, -0.15) is 10.4 Å². The van der Waals surface area contributed by atoms with Crippen LogP contribution in [0.4, 0.5) is 8.78 Å². The van der Waals surface area contributed by atoms with Crippen LogP contribution in [0.25, 0.3) is 11.4 Å². The minimum Gasteiger partial charge on any atom is -0.336 e. The SMILES string of the molecule is Cc1ccc(-c2n[nH]c(=S)n2CCC(=O)NC(C#N)c2ccc(F)cc2F)cc1. The van der Waals surface area contributed by atoms with Crippen molar-refractivity contribution >= 4 is 18.1 Å². The average Bonchev–Trinajstić information content (AvgIpc) is 3.06. The lowest BCUT2D eigenvalue weighted by molar-refractivity contribution is -0.121. The van der Waals surface area contributed by atoms with Crippen molar-refractivity contribution in [1.82, 2.24) is 20.1 Å². The number of nitrogens with zero attached hydrogens (tertiary/aromatic N) is 3. The molecule has 0 aliphatic rings. The number of hydrogen-bond donors (Lipinski definition) is 2. The molecule has 0 saturated heterocycles. The van der Waals surface area contributed by atoms with Crippen molar-refractivity contribution in [3.05, 3.63) is 70.0 Å². The fourth-order valence-corrected chi connectivity index (χ4v) is 3.03. The summed E-state index contributed by atoms with van der Waals surface area (Å²) in [5.41, 5.74) is 1.85. The summed E-state index contributed by atoms with van der Waals surface area (Å²) in [5, 5.41) is 18.6. The van der Waals surface area contributed by atoms with Gasteiger partial charge in [0.05, 0.1) is 6.07 Å². The van der Waals surface area contributed by atoms with Gasteiger partial charge >= 0.3 is 0 Å². The predicted molar refractivity (Wildman–Crippen MR) is 105 cm³/mol. The molecule has 3 rings (SSSR count). The summed E-state index contributed by atoms with van der Waals surface area (Å²) < 4.78 is 29.0. The molecular weight excluding hydrogens is 396 g/mol. The van der Waals surface area contributed by atoms with Crippen molar-refractivity contribution in [2.45, 2.75) is 25.9 Å². The van der Waals surface area contributed by atoms with Gasteiger partial charge in [0.1, 0.15) is 17.7 Å². The lowest BCUT2D eigenvalue weighted by Gasteiger charge is -2.13. The number of H-pyrrole nitrogens is 1. The molecule has 1 amide bonds. The fourth-order valence-electron chi connectivity index (χ4n) is 2.81. The van der Waals surface area contributed by atoms with Gasteiger partial charge < -0.3 is 5.32 Å². The number of nitrogens with one attached hydrogen (secondary N) is 2. The van der Waals surface area contributed by atoms with Gasteiger partial charge in [-0.3, -0.25) is 14.5 Å². The zero-order valence-electron chi connectivity index (χ0n) is 15.4. The number of hydrogen-bond acceptors (Lipinski definition) is 4. The minimum absolute atomic E-state index is 0.00625. The molecule has 0 fully saturated rings. The Morgan fingerprint density at radius 2 is 2.03 bits per heavy atom. The number of benzene rings is 2. The monoisotopic (exact) mass is 413 g/mol. The minimum atomic E-state index is -1.23. The second-order valence-corrected chi connectivity index (χ2v) is 6.80. The van der Waals surface area contributed by atoms with Crippen molar-refractivity contribution in [3.63, 3.8) is 0 Å². The lowest BCUT2D eigenvalue weighted by atomic mass is 10.1. The fraction of sp³-hybridized carbons (Fsp3) is 0.200. The second kappa shape index (κ2) is 8.75. The first-order valence-corrected chi connectivity index (χ1v) is 9.16. The molecule has 3 aromatic rings. The Morgan fingerprint density at radius 1 is 1.31 bits per heavy atom. The topological polar surface area (TPSA) is 86.5 Å². The summed E-state index contributed by atoms with van der Waals surface area (Å²) in [6.45, 7) is 2.19. The zero-order chi connectivity index (χ0) is 21.0. The van der Waals surface area contributed by atoms with Crippen molar-refractivity contribution in [1.29, 1.82) is 5.26 Å². The van der Waals surface area contributed by atoms with Gasteiger partial charge in [-0.05, 0) is 25.2 Å². The van der Waals surface area contributed by atoms with Crippen LogP contribution in [0, 0.1) is 34.7 Å². The maximum atomic E-state index is 13.9. The van der Waals surface area contributed by atoms with E-state index < -0.39 is 23.6 Å². The van der Waals surface area contributed by atoms with Crippen molar-refractivity contribution in [2.24, 2.45) is 0 Å². The highest BCUT2D eigenvalue weighted by Crippen LogP contribution is 2.20. The van der Waals surface area contributed by atoms with Crippen LogP contribution in [0.5, 0.6) is 0 Å². The summed E-state index contributed by atoms with van der Waals surface area (Å²) in [6.07, 6.45) is -0.00625. The van der Waals surface area contributed by atoms with E-state index in [-0.39, 0.29) is 18.5 Å². The molecule has 1 aromatic heterocycles. The molecule has 2 aromatic carbocycles. The Labute approximate surface area is 170 Å². The van der Waals surface area contributed by atoms with Crippen LogP contribution < -0.4 is 5.32 Å². The Morgan fingerprint density at radius 3 is 2.69 bits per heavy atom. The van der Waals surface area contributed by atoms with Crippen LogP contribution in [-0.2, 0) is 11.3 Å². The number of nitriles is 1. The van der Waals surface area contributed by atoms with E-state index in [9.17, 15) is 18.8 Å². The summed E-state index contributed by atoms with van der Waals surface area (Å²) >= 11 is 5.24. The molecule has 1 atom stereocenters. The Bertz CT molecular complexity index is 1130. The molecule has 9 heteroatoms. The second-order valence-electron chi connectivity index (χ2n) is 6.42. The Kier molecular flexibility index (Phi) is 6.14. The van der Waals surface area contributed by atoms with Gasteiger partial charge in [-0.1, -0.05) is 35.9 Å². The summed E-state index contributed by atoms with van der Waals surface area (Å²) in [6, 6.07) is 11.1. The molecule has 148 valence electrons. The zero-order valence-corrected chi connectivity index (χ0v) is 16.3. The molecule has 0 aliphatic heterocycles. The Balaban J connectivity index is 1.71. The highest BCUT2D eigenvalue weighted by atomic mass is 32.1. The molecule has 0 spiro atoms. The first-order valence-electron chi connectivity index (χ1n) is 8.75. The van der Waals surface area contributed by atoms with Crippen LogP contribution in [0.2, 0.25) is 0 Å². The predicted octanol–water partition coefficient (Wildman–Crippen LogP) is 3.97. The van der Waals surface area contributed by atoms with Gasteiger partial charge in [-0.15, -0.1) is 0 Å². The van der Waals surface area contributed by atoms with E-state index in [1.54, 1.807) is 4.57 Å². The molecule has 29 heavy (non-hydrogen) atoms. The number of carbonyl (C=O) groups is 1. The van der Waals surface area contributed by atoms with Crippen LogP contribution in [0.3, 0.4) is 0 Å². The van der Waals surface area contributed by atoms with Crippen LogP contribution >= 0.6 is 12.2 Å². The van der Waals surface area contributed by atoms with Gasteiger partial charge in [0.2, 0.25) is 5.91 Å². The quantitative estimate of drug-likeness (QED) is 0.599. The van der Waals surface area contributed by atoms with Gasteiger partial charge in [0.25, 0.3) is 0 Å². The van der Waals surface area contributed by atoms with Crippen molar-refractivity contribution < 1.29 is 13.6 Å². The maximum Gasteiger partial charge on any atom is 0.223 e. The first-order chi connectivity index (χ1) is 13.9. The highest BCUT2D eigenvalue weighted by molar-refractivity contribution is 7.71. The van der Waals surface area contributed by atoms with Crippen LogP contribution in [0.15, 0.2) is 42.5 Å². The molecule has 2 N–H and O–H groups in total. The number of amides is 1. The standard InChI is InChI=1S/C20H17F2N5OS/c1-12-2-4-13(5-3-12)19-25-26-20(29)27(19)9-8-18(28)24-17(11-23)15-7-6-14(21)10-16(15)22/h2-7,10,17H,8-9H2,1H3,(H,24,28)(H,26,29). The van der Waals surface area contributed by atoms with E-state index in [0.29, 0.717) is 16.7 Å². The molecule has 0 radical (unpaired) electrons. The molecule has 0 bridgehead atoms. The summed E-state index contributed by atoms with van der Waals surface area (Å²) in [4.78, 5) is 12.3. The number of rotatable bonds is 6. The molecule has 0 saturated carbocycles. The largest absolute Gasteiger partial charge is 0.336 e. The normalized spacial score (nSPS) is 11.7. The molecule has 1 unspecified atom stereocenters. The van der Waals surface area contributed by atoms with E-state index in [1.807, 2.05) is 37.3 Å². The molecule has 6 nitrogen and oxygen atoms in total. The third-order valence-corrected chi connectivity index (χ3v) is 4.65. The number of aryl methyl sites for hydroxylation is 1. The van der Waals surface area contributed by atoms with E-state index in [0.717, 1.165) is 23.3 Å². The number of aromatic nitrogens is 3. The summed E-state index contributed by atoms with van der Waals surface area (Å²) in [5.74, 6) is -1.54. The average molecular weight is 413 g/mol. The van der Waals surface area contributed by atoms with E-state index in [4.69, 9.17) is 12.2 Å². The number of carbonyl (C=O) groups excluding carboxylic acids is 1. The van der Waals surface area contributed by atoms with E-state index in [2.05, 4.69) is 15.5 Å². The third kappa shape index (κ3) is 4.73. The van der Waals surface area contributed by atoms with Gasteiger partial charge in [0, 0.05) is 30.2 Å². The number of aromatic amines is 1. The van der Waals surface area contributed by atoms with E-state index >= 15 is 0 Å². The number of halogens is 2. The smallest absolute Gasteiger partial charge is 0.223 e. The van der Waals surface area contributed by atoms with Crippen LogP contribution in [-0.4, -0.2) is 20.7 Å². The third-order valence-electron chi connectivity index (χ3n) is 4.34. The van der Waals surface area contributed by atoms with Gasteiger partial charge in [0.15, 0.2) is 10.6 Å². The van der Waals surface area contributed by atoms with Crippen molar-refractivity contribution in [2.75, 3.05) is 0 Å². The molecular formula is C20H17F2N5OS.